The second-order valence-corrected chi connectivity index (χ2v) is 4.54. The van der Waals surface area contributed by atoms with Crippen molar-refractivity contribution in [1.29, 1.82) is 0 Å². The van der Waals surface area contributed by atoms with Crippen molar-refractivity contribution in [2.24, 2.45) is 0 Å². The van der Waals surface area contributed by atoms with Crippen molar-refractivity contribution in [3.05, 3.63) is 35.4 Å². The number of carbonyl (C=O) groups is 2. The predicted molar refractivity (Wildman–Crippen MR) is 53.8 cm³/mol. The van der Waals surface area contributed by atoms with E-state index in [0.717, 1.165) is 6.07 Å². The first-order valence-electron chi connectivity index (χ1n) is 4.11. The Morgan fingerprint density at radius 3 is 2.44 bits per heavy atom. The molecule has 6 nitrogen and oxygen atoms in total. The number of carboxylic acid groups (broad SMARTS) is 1. The highest BCUT2D eigenvalue weighted by atomic mass is 32.2. The summed E-state index contributed by atoms with van der Waals surface area (Å²) in [6.45, 7) is 0. The molecule has 0 aromatic heterocycles. The van der Waals surface area contributed by atoms with Gasteiger partial charge in [0.05, 0.1) is 5.56 Å². The summed E-state index contributed by atoms with van der Waals surface area (Å²) in [4.78, 5) is 21.2. The predicted octanol–water partition coefficient (Wildman–Crippen LogP) is 0.513. The molecule has 16 heavy (non-hydrogen) atoms. The molecular weight excluding hydrogens is 236 g/mol. The molecule has 0 aliphatic heterocycles. The van der Waals surface area contributed by atoms with Gasteiger partial charge >= 0.3 is 5.97 Å². The summed E-state index contributed by atoms with van der Waals surface area (Å²) in [5.74, 6) is -1.25. The van der Waals surface area contributed by atoms with Crippen molar-refractivity contribution in [2.75, 3.05) is 0 Å². The Kier molecular flexibility index (Phi) is 3.41. The van der Waals surface area contributed by atoms with E-state index in [4.69, 9.17) is 9.66 Å². The molecule has 2 N–H and O–H groups in total. The van der Waals surface area contributed by atoms with Gasteiger partial charge < -0.3 is 9.90 Å². The summed E-state index contributed by atoms with van der Waals surface area (Å²) < 4.78 is 30.4. The fraction of sp³-hybridized carbons (Fsp3) is 0.111. The van der Waals surface area contributed by atoms with Crippen molar-refractivity contribution in [1.82, 2.24) is 0 Å². The normalized spacial score (nSPS) is 13.1. The zero-order chi connectivity index (χ0) is 12.3. The average Bonchev–Trinajstić information content (AvgIpc) is 2.17. The van der Waals surface area contributed by atoms with E-state index >= 15 is 0 Å². The maximum atomic E-state index is 10.8. The Hall–Kier alpha value is -1.73. The number of aldehydes is 1. The van der Waals surface area contributed by atoms with Gasteiger partial charge in [0.2, 0.25) is 0 Å². The summed E-state index contributed by atoms with van der Waals surface area (Å²) in [6, 6.07) is 4.81. The molecule has 86 valence electrons. The lowest BCUT2D eigenvalue weighted by molar-refractivity contribution is -0.107. The fourth-order valence-corrected chi connectivity index (χ4v) is 1.80. The highest BCUT2D eigenvalue weighted by molar-refractivity contribution is 7.86. The number of carboxylic acids is 1. The Bertz CT molecular complexity index is 519. The SMILES string of the molecule is O=CC(c1cccc(C(=O)O)c1)S(=O)(=O)O. The van der Waals surface area contributed by atoms with Gasteiger partial charge in [-0.25, -0.2) is 4.79 Å². The van der Waals surface area contributed by atoms with Crippen molar-refractivity contribution in [3.63, 3.8) is 0 Å². The minimum atomic E-state index is -4.57. The van der Waals surface area contributed by atoms with Crippen molar-refractivity contribution < 1.29 is 27.7 Å². The van der Waals surface area contributed by atoms with Crippen LogP contribution in [0.2, 0.25) is 0 Å². The van der Waals surface area contributed by atoms with E-state index in [2.05, 4.69) is 0 Å². The Morgan fingerprint density at radius 2 is 2.00 bits per heavy atom. The number of carbonyl (C=O) groups excluding carboxylic acids is 1. The minimum absolute atomic E-state index is 0.0380. The first-order chi connectivity index (χ1) is 7.36. The van der Waals surface area contributed by atoms with Crippen molar-refractivity contribution in [3.8, 4) is 0 Å². The third-order valence-corrected chi connectivity index (χ3v) is 2.93. The van der Waals surface area contributed by atoms with Crippen LogP contribution >= 0.6 is 0 Å². The monoisotopic (exact) mass is 244 g/mol. The van der Waals surface area contributed by atoms with Gasteiger partial charge in [-0.3, -0.25) is 4.55 Å². The lowest BCUT2D eigenvalue weighted by Gasteiger charge is -2.07. The molecule has 1 atom stereocenters. The second-order valence-electron chi connectivity index (χ2n) is 3.00. The molecule has 0 aliphatic carbocycles. The molecule has 1 rings (SSSR count). The number of hydrogen-bond acceptors (Lipinski definition) is 4. The van der Waals surface area contributed by atoms with Crippen LogP contribution in [0.3, 0.4) is 0 Å². The molecule has 0 spiro atoms. The van der Waals surface area contributed by atoms with Gasteiger partial charge in [0.1, 0.15) is 6.29 Å². The largest absolute Gasteiger partial charge is 0.478 e. The van der Waals surface area contributed by atoms with Crippen LogP contribution in [0.15, 0.2) is 24.3 Å². The summed E-state index contributed by atoms with van der Waals surface area (Å²) in [5.41, 5.74) is -0.245. The molecule has 1 unspecified atom stereocenters. The molecule has 1 aromatic carbocycles. The molecule has 0 radical (unpaired) electrons. The quantitative estimate of drug-likeness (QED) is 0.590. The van der Waals surface area contributed by atoms with Crippen LogP contribution in [0, 0.1) is 0 Å². The standard InChI is InChI=1S/C9H8O6S/c10-5-8(16(13,14)15)6-2-1-3-7(4-6)9(11)12/h1-5,8H,(H,11,12)(H,13,14,15). The molecule has 0 heterocycles. The highest BCUT2D eigenvalue weighted by Crippen LogP contribution is 2.20. The molecular formula is C9H8O6S. The molecule has 0 aliphatic rings. The lowest BCUT2D eigenvalue weighted by atomic mass is 10.1. The first kappa shape index (κ1) is 12.3. The second kappa shape index (κ2) is 4.42. The summed E-state index contributed by atoms with van der Waals surface area (Å²) in [5, 5.41) is 6.91. The number of aromatic carboxylic acids is 1. The fourth-order valence-electron chi connectivity index (χ4n) is 1.17. The van der Waals surface area contributed by atoms with E-state index in [1.54, 1.807) is 0 Å². The van der Waals surface area contributed by atoms with Crippen LogP contribution in [-0.4, -0.2) is 30.3 Å². The van der Waals surface area contributed by atoms with Crippen LogP contribution in [0.4, 0.5) is 0 Å². The summed E-state index contributed by atoms with van der Waals surface area (Å²) >= 11 is 0. The van der Waals surface area contributed by atoms with Crippen LogP contribution < -0.4 is 0 Å². The van der Waals surface area contributed by atoms with Gasteiger partial charge in [-0.2, -0.15) is 8.42 Å². The minimum Gasteiger partial charge on any atom is -0.478 e. The average molecular weight is 244 g/mol. The molecule has 1 aromatic rings. The lowest BCUT2D eigenvalue weighted by Crippen LogP contribution is -2.14. The van der Waals surface area contributed by atoms with Crippen molar-refractivity contribution in [2.45, 2.75) is 5.25 Å². The Labute approximate surface area is 91.3 Å². The molecule has 7 heteroatoms. The first-order valence-corrected chi connectivity index (χ1v) is 5.61. The van der Waals surface area contributed by atoms with Crippen LogP contribution in [-0.2, 0) is 14.9 Å². The van der Waals surface area contributed by atoms with Crippen LogP contribution in [0.25, 0.3) is 0 Å². The Balaban J connectivity index is 3.27. The van der Waals surface area contributed by atoms with E-state index in [1.807, 2.05) is 0 Å². The molecule has 0 bridgehead atoms. The summed E-state index contributed by atoms with van der Waals surface area (Å²) in [6.07, 6.45) is 0.0380. The number of benzene rings is 1. The van der Waals surface area contributed by atoms with E-state index in [9.17, 15) is 18.0 Å². The molecule has 0 fully saturated rings. The number of rotatable bonds is 4. The van der Waals surface area contributed by atoms with E-state index in [1.165, 1.54) is 18.2 Å². The maximum Gasteiger partial charge on any atom is 0.335 e. The molecule has 0 amide bonds. The maximum absolute atomic E-state index is 10.8. The zero-order valence-electron chi connectivity index (χ0n) is 7.90. The van der Waals surface area contributed by atoms with Gasteiger partial charge in [0, 0.05) is 0 Å². The third kappa shape index (κ3) is 2.65. The molecule has 0 saturated heterocycles. The van der Waals surface area contributed by atoms with Crippen molar-refractivity contribution >= 4 is 22.4 Å². The van der Waals surface area contributed by atoms with Gasteiger partial charge in [0.25, 0.3) is 10.1 Å². The van der Waals surface area contributed by atoms with Crippen LogP contribution in [0.1, 0.15) is 21.2 Å². The van der Waals surface area contributed by atoms with Gasteiger partial charge in [0.15, 0.2) is 5.25 Å². The van der Waals surface area contributed by atoms with E-state index < -0.39 is 21.3 Å². The Morgan fingerprint density at radius 1 is 1.38 bits per heavy atom. The van der Waals surface area contributed by atoms with Gasteiger partial charge in [-0.1, -0.05) is 12.1 Å². The third-order valence-electron chi connectivity index (χ3n) is 1.91. The smallest absolute Gasteiger partial charge is 0.335 e. The number of hydrogen-bond donors (Lipinski definition) is 2. The van der Waals surface area contributed by atoms with Gasteiger partial charge in [-0.15, -0.1) is 0 Å². The zero-order valence-corrected chi connectivity index (χ0v) is 8.72. The van der Waals surface area contributed by atoms with E-state index in [0.29, 0.717) is 0 Å². The van der Waals surface area contributed by atoms with Gasteiger partial charge in [-0.05, 0) is 17.7 Å². The summed E-state index contributed by atoms with van der Waals surface area (Å²) in [7, 11) is -4.57. The van der Waals surface area contributed by atoms with E-state index in [-0.39, 0.29) is 17.4 Å². The molecule has 0 saturated carbocycles. The highest BCUT2D eigenvalue weighted by Gasteiger charge is 2.24. The topological polar surface area (TPSA) is 109 Å². The van der Waals surface area contributed by atoms with Crippen LogP contribution in [0.5, 0.6) is 0 Å².